The first kappa shape index (κ1) is 7.03. The van der Waals surface area contributed by atoms with Gasteiger partial charge in [-0.2, -0.15) is 0 Å². The van der Waals surface area contributed by atoms with E-state index in [1.54, 1.807) is 12.4 Å². The number of fused-ring (bicyclic) bond motifs is 1. The first-order chi connectivity index (χ1) is 5.92. The zero-order valence-electron chi connectivity index (χ0n) is 6.78. The Balaban J connectivity index is 2.79. The van der Waals surface area contributed by atoms with Gasteiger partial charge in [-0.1, -0.05) is 6.07 Å². The van der Waals surface area contributed by atoms with Crippen LogP contribution < -0.4 is 5.32 Å². The van der Waals surface area contributed by atoms with E-state index in [2.05, 4.69) is 15.3 Å². The van der Waals surface area contributed by atoms with Gasteiger partial charge in [-0.05, 0) is 12.1 Å². The molecule has 0 spiro atoms. The second kappa shape index (κ2) is 2.77. The number of rotatable bonds is 1. The first-order valence-electron chi connectivity index (χ1n) is 3.79. The predicted molar refractivity (Wildman–Crippen MR) is 49.1 cm³/mol. The molecule has 1 N–H and O–H groups in total. The van der Waals surface area contributed by atoms with Crippen LogP contribution in [0.25, 0.3) is 10.9 Å². The van der Waals surface area contributed by atoms with Crippen LogP contribution >= 0.6 is 0 Å². The highest BCUT2D eigenvalue weighted by molar-refractivity contribution is 5.87. The van der Waals surface area contributed by atoms with Crippen LogP contribution in [0.3, 0.4) is 0 Å². The van der Waals surface area contributed by atoms with Crippen LogP contribution in [0.15, 0.2) is 30.6 Å². The number of hydrogen-bond acceptors (Lipinski definition) is 3. The third kappa shape index (κ3) is 0.993. The van der Waals surface area contributed by atoms with E-state index in [1.165, 1.54) is 0 Å². The maximum Gasteiger partial charge on any atom is 0.152 e. The molecule has 3 nitrogen and oxygen atoms in total. The molecule has 0 amide bonds. The van der Waals surface area contributed by atoms with E-state index in [0.29, 0.717) is 0 Å². The molecule has 12 heavy (non-hydrogen) atoms. The van der Waals surface area contributed by atoms with Gasteiger partial charge >= 0.3 is 0 Å². The molecule has 0 atom stereocenters. The monoisotopic (exact) mass is 159 g/mol. The minimum Gasteiger partial charge on any atom is -0.371 e. The van der Waals surface area contributed by atoms with Crippen molar-refractivity contribution in [3.63, 3.8) is 0 Å². The van der Waals surface area contributed by atoms with Crippen molar-refractivity contribution in [1.82, 2.24) is 9.97 Å². The summed E-state index contributed by atoms with van der Waals surface area (Å²) >= 11 is 0. The summed E-state index contributed by atoms with van der Waals surface area (Å²) in [5.74, 6) is 0.827. The molecule has 0 radical (unpaired) electrons. The minimum atomic E-state index is 0.827. The number of nitrogens with one attached hydrogen (secondary N) is 1. The van der Waals surface area contributed by atoms with Gasteiger partial charge in [-0.15, -0.1) is 0 Å². The highest BCUT2D eigenvalue weighted by Crippen LogP contribution is 2.16. The van der Waals surface area contributed by atoms with E-state index in [-0.39, 0.29) is 0 Å². The van der Waals surface area contributed by atoms with Crippen LogP contribution in [0.4, 0.5) is 5.82 Å². The lowest BCUT2D eigenvalue weighted by atomic mass is 10.2. The van der Waals surface area contributed by atoms with Crippen LogP contribution in [-0.4, -0.2) is 17.0 Å². The summed E-state index contributed by atoms with van der Waals surface area (Å²) in [5, 5.41) is 4.10. The standard InChI is InChI=1S/C9H9N3/c1-10-9-8-7(4-6-12-9)3-2-5-11-8/h2-6H,1H3,(H,10,12). The molecule has 0 unspecified atom stereocenters. The fourth-order valence-corrected chi connectivity index (χ4v) is 1.19. The van der Waals surface area contributed by atoms with Crippen molar-refractivity contribution >= 4 is 16.7 Å². The summed E-state index contributed by atoms with van der Waals surface area (Å²) in [6.07, 6.45) is 3.54. The van der Waals surface area contributed by atoms with E-state index < -0.39 is 0 Å². The van der Waals surface area contributed by atoms with Crippen molar-refractivity contribution in [3.8, 4) is 0 Å². The fraction of sp³-hybridized carbons (Fsp3) is 0.111. The summed E-state index contributed by atoms with van der Waals surface area (Å²) in [7, 11) is 1.84. The number of nitrogens with zero attached hydrogens (tertiary/aromatic N) is 2. The van der Waals surface area contributed by atoms with Crippen LogP contribution in [-0.2, 0) is 0 Å². The van der Waals surface area contributed by atoms with Crippen molar-refractivity contribution in [2.45, 2.75) is 0 Å². The van der Waals surface area contributed by atoms with Gasteiger partial charge < -0.3 is 5.32 Å². The van der Waals surface area contributed by atoms with Crippen molar-refractivity contribution in [2.24, 2.45) is 0 Å². The average Bonchev–Trinajstić information content (AvgIpc) is 2.17. The number of aromatic nitrogens is 2. The van der Waals surface area contributed by atoms with Gasteiger partial charge in [0.05, 0.1) is 0 Å². The SMILES string of the molecule is CNc1nccc2cccnc12. The van der Waals surface area contributed by atoms with Gasteiger partial charge in [0.2, 0.25) is 0 Å². The fourth-order valence-electron chi connectivity index (χ4n) is 1.19. The lowest BCUT2D eigenvalue weighted by Gasteiger charge is -2.01. The van der Waals surface area contributed by atoms with Crippen LogP contribution in [0, 0.1) is 0 Å². The lowest BCUT2D eigenvalue weighted by Crippen LogP contribution is -1.93. The zero-order chi connectivity index (χ0) is 8.39. The highest BCUT2D eigenvalue weighted by atomic mass is 15.0. The summed E-state index contributed by atoms with van der Waals surface area (Å²) in [6.45, 7) is 0. The van der Waals surface area contributed by atoms with Crippen molar-refractivity contribution in [3.05, 3.63) is 30.6 Å². The Labute approximate surface area is 70.5 Å². The quantitative estimate of drug-likeness (QED) is 0.687. The summed E-state index contributed by atoms with van der Waals surface area (Å²) in [4.78, 5) is 8.38. The molecule has 3 heteroatoms. The van der Waals surface area contributed by atoms with E-state index in [1.807, 2.05) is 25.2 Å². The normalized spacial score (nSPS) is 10.1. The Kier molecular flexibility index (Phi) is 1.63. The Morgan fingerprint density at radius 1 is 1.17 bits per heavy atom. The number of anilines is 1. The van der Waals surface area contributed by atoms with E-state index in [4.69, 9.17) is 0 Å². The van der Waals surface area contributed by atoms with Crippen molar-refractivity contribution < 1.29 is 0 Å². The van der Waals surface area contributed by atoms with E-state index in [9.17, 15) is 0 Å². The smallest absolute Gasteiger partial charge is 0.152 e. The molecule has 60 valence electrons. The first-order valence-corrected chi connectivity index (χ1v) is 3.79. The predicted octanol–water partition coefficient (Wildman–Crippen LogP) is 1.67. The van der Waals surface area contributed by atoms with Crippen molar-refractivity contribution in [1.29, 1.82) is 0 Å². The Bertz CT molecular complexity index is 392. The molecule has 0 fully saturated rings. The molecule has 2 aromatic heterocycles. The Morgan fingerprint density at radius 2 is 2.08 bits per heavy atom. The maximum atomic E-state index is 4.23. The topological polar surface area (TPSA) is 37.8 Å². The summed E-state index contributed by atoms with van der Waals surface area (Å²) < 4.78 is 0. The maximum absolute atomic E-state index is 4.23. The minimum absolute atomic E-state index is 0.827. The number of hydrogen-bond donors (Lipinski definition) is 1. The van der Waals surface area contributed by atoms with E-state index >= 15 is 0 Å². The Hall–Kier alpha value is -1.64. The van der Waals surface area contributed by atoms with Gasteiger partial charge in [0, 0.05) is 24.8 Å². The van der Waals surface area contributed by atoms with Crippen molar-refractivity contribution in [2.75, 3.05) is 12.4 Å². The molecule has 0 aliphatic rings. The molecule has 0 aliphatic carbocycles. The molecule has 2 heterocycles. The molecule has 2 aromatic rings. The largest absolute Gasteiger partial charge is 0.371 e. The van der Waals surface area contributed by atoms with Gasteiger partial charge in [-0.25, -0.2) is 4.98 Å². The van der Waals surface area contributed by atoms with Gasteiger partial charge in [0.15, 0.2) is 5.82 Å². The van der Waals surface area contributed by atoms with Gasteiger partial charge in [0.25, 0.3) is 0 Å². The molecule has 0 aliphatic heterocycles. The third-order valence-corrected chi connectivity index (χ3v) is 1.76. The molecule has 0 saturated heterocycles. The average molecular weight is 159 g/mol. The van der Waals surface area contributed by atoms with Crippen LogP contribution in [0.1, 0.15) is 0 Å². The second-order valence-electron chi connectivity index (χ2n) is 2.48. The molecule has 0 aromatic carbocycles. The van der Waals surface area contributed by atoms with Crippen LogP contribution in [0.2, 0.25) is 0 Å². The zero-order valence-corrected chi connectivity index (χ0v) is 6.78. The lowest BCUT2D eigenvalue weighted by molar-refractivity contribution is 1.28. The summed E-state index contributed by atoms with van der Waals surface area (Å²) in [6, 6.07) is 5.88. The third-order valence-electron chi connectivity index (χ3n) is 1.76. The van der Waals surface area contributed by atoms with Gasteiger partial charge in [-0.3, -0.25) is 4.98 Å². The molecule has 0 saturated carbocycles. The van der Waals surface area contributed by atoms with E-state index in [0.717, 1.165) is 16.7 Å². The second-order valence-corrected chi connectivity index (χ2v) is 2.48. The van der Waals surface area contributed by atoms with Crippen LogP contribution in [0.5, 0.6) is 0 Å². The molecule has 0 bridgehead atoms. The summed E-state index contributed by atoms with van der Waals surface area (Å²) in [5.41, 5.74) is 0.919. The Morgan fingerprint density at radius 3 is 2.92 bits per heavy atom. The molecule has 2 rings (SSSR count). The molecular formula is C9H9N3. The number of pyridine rings is 2. The molecular weight excluding hydrogens is 150 g/mol. The highest BCUT2D eigenvalue weighted by Gasteiger charge is 1.98. The van der Waals surface area contributed by atoms with Gasteiger partial charge in [0.1, 0.15) is 5.52 Å².